The topological polar surface area (TPSA) is 29.5 Å². The summed E-state index contributed by atoms with van der Waals surface area (Å²) in [5.74, 6) is 1.12. The molecule has 1 aromatic carbocycles. The van der Waals surface area contributed by atoms with Gasteiger partial charge >= 0.3 is 0 Å². The van der Waals surface area contributed by atoms with E-state index in [-0.39, 0.29) is 5.91 Å². The van der Waals surface area contributed by atoms with Crippen LogP contribution in [0.5, 0.6) is 5.75 Å². The van der Waals surface area contributed by atoms with E-state index in [1.54, 1.807) is 0 Å². The van der Waals surface area contributed by atoms with Crippen LogP contribution in [0.2, 0.25) is 0 Å². The lowest BCUT2D eigenvalue weighted by Crippen LogP contribution is -2.42. The number of ether oxygens (including phenoxy) is 1. The molecule has 1 amide bonds. The molecule has 106 valence electrons. The third-order valence-electron chi connectivity index (χ3n) is 4.19. The third kappa shape index (κ3) is 2.58. The Balaban J connectivity index is 1.65. The average Bonchev–Trinajstić information content (AvgIpc) is 2.71. The fraction of sp³-hybridized carbons (Fsp3) is 0.471. The number of hydrogen-bond donors (Lipinski definition) is 0. The number of benzene rings is 1. The summed E-state index contributed by atoms with van der Waals surface area (Å²) in [5, 5.41) is 0. The highest BCUT2D eigenvalue weighted by atomic mass is 16.5. The number of nitrogens with zero attached hydrogens (tertiary/aromatic N) is 1. The first-order valence-corrected chi connectivity index (χ1v) is 7.47. The van der Waals surface area contributed by atoms with Crippen molar-refractivity contribution in [3.8, 4) is 5.75 Å². The van der Waals surface area contributed by atoms with Gasteiger partial charge in [0.1, 0.15) is 5.75 Å². The van der Waals surface area contributed by atoms with Crippen LogP contribution in [0, 0.1) is 0 Å². The molecule has 20 heavy (non-hydrogen) atoms. The minimum absolute atomic E-state index is 0.256. The van der Waals surface area contributed by atoms with E-state index in [4.69, 9.17) is 4.74 Å². The second kappa shape index (κ2) is 5.70. The standard InChI is InChI=1S/C17H21NO2/c1-2-20-16-10-6-13(7-11-16)12-17(19)18-14-4-3-5-15(18)9-8-14/h3-4,6-7,10-11,14-15H,2,5,8-9,12H2,1H3. The smallest absolute Gasteiger partial charge is 0.227 e. The maximum atomic E-state index is 12.5. The molecule has 1 fully saturated rings. The van der Waals surface area contributed by atoms with Crippen LogP contribution in [-0.4, -0.2) is 29.5 Å². The van der Waals surface area contributed by atoms with Gasteiger partial charge in [0.2, 0.25) is 5.91 Å². The summed E-state index contributed by atoms with van der Waals surface area (Å²) in [6, 6.07) is 8.63. The first kappa shape index (κ1) is 13.2. The molecule has 2 atom stereocenters. The van der Waals surface area contributed by atoms with Crippen LogP contribution in [0.3, 0.4) is 0 Å². The number of carbonyl (C=O) groups excluding carboxylic acids is 1. The van der Waals surface area contributed by atoms with E-state index >= 15 is 0 Å². The van der Waals surface area contributed by atoms with Crippen LogP contribution < -0.4 is 4.74 Å². The van der Waals surface area contributed by atoms with Gasteiger partial charge in [-0.25, -0.2) is 0 Å². The van der Waals surface area contributed by atoms with Gasteiger partial charge in [-0.1, -0.05) is 24.3 Å². The second-order valence-electron chi connectivity index (χ2n) is 5.52. The molecule has 0 spiro atoms. The zero-order chi connectivity index (χ0) is 13.9. The number of amides is 1. The molecular formula is C17H21NO2. The summed E-state index contributed by atoms with van der Waals surface area (Å²) < 4.78 is 5.42. The Morgan fingerprint density at radius 1 is 1.30 bits per heavy atom. The normalized spacial score (nSPS) is 23.9. The molecule has 2 heterocycles. The van der Waals surface area contributed by atoms with Crippen molar-refractivity contribution >= 4 is 5.91 Å². The molecular weight excluding hydrogens is 250 g/mol. The fourth-order valence-electron chi connectivity index (χ4n) is 3.25. The lowest BCUT2D eigenvalue weighted by atomic mass is 10.1. The molecule has 2 unspecified atom stereocenters. The van der Waals surface area contributed by atoms with E-state index in [1.165, 1.54) is 0 Å². The Morgan fingerprint density at radius 3 is 2.80 bits per heavy atom. The molecule has 0 saturated carbocycles. The van der Waals surface area contributed by atoms with Gasteiger partial charge in [0.05, 0.1) is 19.1 Å². The largest absolute Gasteiger partial charge is 0.494 e. The molecule has 1 saturated heterocycles. The number of rotatable bonds is 4. The quantitative estimate of drug-likeness (QED) is 0.788. The first-order chi connectivity index (χ1) is 9.78. The van der Waals surface area contributed by atoms with Gasteiger partial charge in [-0.05, 0) is 43.9 Å². The van der Waals surface area contributed by atoms with Gasteiger partial charge in [0.15, 0.2) is 0 Å². The predicted octanol–water partition coefficient (Wildman–Crippen LogP) is 2.95. The number of fused-ring (bicyclic) bond motifs is 2. The van der Waals surface area contributed by atoms with Crippen molar-refractivity contribution in [3.05, 3.63) is 42.0 Å². The van der Waals surface area contributed by atoms with Crippen molar-refractivity contribution in [1.82, 2.24) is 4.90 Å². The molecule has 2 bridgehead atoms. The van der Waals surface area contributed by atoms with Crippen LogP contribution in [0.1, 0.15) is 31.7 Å². The first-order valence-electron chi connectivity index (χ1n) is 7.47. The van der Waals surface area contributed by atoms with E-state index < -0.39 is 0 Å². The van der Waals surface area contributed by atoms with Gasteiger partial charge in [-0.15, -0.1) is 0 Å². The van der Waals surface area contributed by atoms with Crippen LogP contribution in [0.4, 0.5) is 0 Å². The molecule has 2 aliphatic rings. The number of carbonyl (C=O) groups is 1. The summed E-state index contributed by atoms with van der Waals surface area (Å²) in [4.78, 5) is 14.6. The number of hydrogen-bond acceptors (Lipinski definition) is 2. The highest BCUT2D eigenvalue weighted by Gasteiger charge is 2.36. The summed E-state index contributed by atoms with van der Waals surface area (Å²) in [6.45, 7) is 2.64. The second-order valence-corrected chi connectivity index (χ2v) is 5.52. The van der Waals surface area contributed by atoms with Crippen LogP contribution in [-0.2, 0) is 11.2 Å². The average molecular weight is 271 g/mol. The van der Waals surface area contributed by atoms with Crippen molar-refractivity contribution in [3.63, 3.8) is 0 Å². The van der Waals surface area contributed by atoms with E-state index in [9.17, 15) is 4.79 Å². The summed E-state index contributed by atoms with van der Waals surface area (Å²) in [7, 11) is 0. The molecule has 3 heteroatoms. The van der Waals surface area contributed by atoms with Crippen molar-refractivity contribution < 1.29 is 9.53 Å². The van der Waals surface area contributed by atoms with Crippen molar-refractivity contribution in [2.45, 2.75) is 44.7 Å². The molecule has 3 nitrogen and oxygen atoms in total. The van der Waals surface area contributed by atoms with E-state index in [2.05, 4.69) is 17.1 Å². The van der Waals surface area contributed by atoms with Gasteiger partial charge in [0.25, 0.3) is 0 Å². The Kier molecular flexibility index (Phi) is 3.77. The summed E-state index contributed by atoms with van der Waals surface area (Å²) in [5.41, 5.74) is 1.06. The highest BCUT2D eigenvalue weighted by molar-refractivity contribution is 5.80. The van der Waals surface area contributed by atoms with Crippen LogP contribution in [0.25, 0.3) is 0 Å². The third-order valence-corrected chi connectivity index (χ3v) is 4.19. The zero-order valence-corrected chi connectivity index (χ0v) is 11.9. The van der Waals surface area contributed by atoms with E-state index in [0.717, 1.165) is 30.6 Å². The molecule has 0 aromatic heterocycles. The Bertz CT molecular complexity index is 506. The fourth-order valence-corrected chi connectivity index (χ4v) is 3.25. The molecule has 0 radical (unpaired) electrons. The molecule has 2 aliphatic heterocycles. The predicted molar refractivity (Wildman–Crippen MR) is 78.7 cm³/mol. The van der Waals surface area contributed by atoms with Crippen molar-refractivity contribution in [2.75, 3.05) is 6.61 Å². The summed E-state index contributed by atoms with van der Waals surface area (Å²) in [6.07, 6.45) is 8.20. The highest BCUT2D eigenvalue weighted by Crippen LogP contribution is 2.32. The zero-order valence-electron chi connectivity index (χ0n) is 11.9. The molecule has 3 rings (SSSR count). The summed E-state index contributed by atoms with van der Waals surface area (Å²) >= 11 is 0. The lowest BCUT2D eigenvalue weighted by Gasteiger charge is -2.31. The lowest BCUT2D eigenvalue weighted by molar-refractivity contribution is -0.132. The van der Waals surface area contributed by atoms with Crippen molar-refractivity contribution in [2.24, 2.45) is 0 Å². The van der Waals surface area contributed by atoms with Gasteiger partial charge in [-0.3, -0.25) is 4.79 Å². The SMILES string of the molecule is CCOc1ccc(CC(=O)N2C3C=CCC2CC3)cc1. The van der Waals surface area contributed by atoms with Gasteiger partial charge < -0.3 is 9.64 Å². The molecule has 0 N–H and O–H groups in total. The maximum absolute atomic E-state index is 12.5. The molecule has 1 aromatic rings. The maximum Gasteiger partial charge on any atom is 0.227 e. The van der Waals surface area contributed by atoms with E-state index in [0.29, 0.717) is 25.1 Å². The Labute approximate surface area is 120 Å². The monoisotopic (exact) mass is 271 g/mol. The Hall–Kier alpha value is -1.77. The molecule has 0 aliphatic carbocycles. The Morgan fingerprint density at radius 2 is 2.10 bits per heavy atom. The van der Waals surface area contributed by atoms with Gasteiger partial charge in [0, 0.05) is 6.04 Å². The minimum Gasteiger partial charge on any atom is -0.494 e. The van der Waals surface area contributed by atoms with Crippen LogP contribution in [0.15, 0.2) is 36.4 Å². The minimum atomic E-state index is 0.256. The van der Waals surface area contributed by atoms with Crippen molar-refractivity contribution in [1.29, 1.82) is 0 Å². The van der Waals surface area contributed by atoms with E-state index in [1.807, 2.05) is 31.2 Å². The van der Waals surface area contributed by atoms with Gasteiger partial charge in [-0.2, -0.15) is 0 Å². The van der Waals surface area contributed by atoms with Crippen LogP contribution >= 0.6 is 0 Å².